The Hall–Kier alpha value is -3.35. The van der Waals surface area contributed by atoms with Crippen LogP contribution >= 0.6 is 0 Å². The van der Waals surface area contributed by atoms with Gasteiger partial charge in [0.05, 0.1) is 22.5 Å². The molecule has 28 heavy (non-hydrogen) atoms. The van der Waals surface area contributed by atoms with Gasteiger partial charge >= 0.3 is 0 Å². The highest BCUT2D eigenvalue weighted by atomic mass is 19.1. The van der Waals surface area contributed by atoms with E-state index in [1.807, 2.05) is 0 Å². The fourth-order valence-corrected chi connectivity index (χ4v) is 2.94. The van der Waals surface area contributed by atoms with Crippen LogP contribution in [-0.2, 0) is 4.79 Å². The van der Waals surface area contributed by atoms with E-state index in [1.54, 1.807) is 32.0 Å². The largest absolute Gasteiger partial charge is 0.507 e. The van der Waals surface area contributed by atoms with Gasteiger partial charge in [-0.2, -0.15) is 0 Å². The van der Waals surface area contributed by atoms with Gasteiger partial charge in [-0.25, -0.2) is 14.4 Å². The Morgan fingerprint density at radius 3 is 2.71 bits per heavy atom. The summed E-state index contributed by atoms with van der Waals surface area (Å²) < 4.78 is 13.8. The van der Waals surface area contributed by atoms with Crippen LogP contribution in [0, 0.1) is 11.2 Å². The first-order chi connectivity index (χ1) is 13.4. The average Bonchev–Trinajstić information content (AvgIpc) is 2.67. The maximum Gasteiger partial charge on any atom is 0.219 e. The van der Waals surface area contributed by atoms with E-state index in [9.17, 15) is 14.3 Å². The molecule has 0 saturated carbocycles. The van der Waals surface area contributed by atoms with Gasteiger partial charge < -0.3 is 15.8 Å². The summed E-state index contributed by atoms with van der Waals surface area (Å²) >= 11 is 0. The smallest absolute Gasteiger partial charge is 0.219 e. The Morgan fingerprint density at radius 1 is 1.25 bits per heavy atom. The number of halogens is 1. The third-order valence-electron chi connectivity index (χ3n) is 4.33. The summed E-state index contributed by atoms with van der Waals surface area (Å²) in [5, 5.41) is 21.9. The maximum absolute atomic E-state index is 13.8. The van der Waals surface area contributed by atoms with E-state index in [0.29, 0.717) is 22.9 Å². The molecule has 0 bridgehead atoms. The highest BCUT2D eigenvalue weighted by molar-refractivity contribution is 6.07. The lowest BCUT2D eigenvalue weighted by Crippen LogP contribution is -2.33. The minimum absolute atomic E-state index is 0.0185. The van der Waals surface area contributed by atoms with Crippen LogP contribution in [0.2, 0.25) is 0 Å². The van der Waals surface area contributed by atoms with E-state index in [0.717, 1.165) is 0 Å². The zero-order valence-electron chi connectivity index (χ0n) is 15.7. The Balaban J connectivity index is 2.06. The molecule has 3 aromatic rings. The summed E-state index contributed by atoms with van der Waals surface area (Å²) in [6, 6.07) is 10.5. The van der Waals surface area contributed by atoms with Gasteiger partial charge in [0.1, 0.15) is 11.6 Å². The predicted molar refractivity (Wildman–Crippen MR) is 106 cm³/mol. The molecule has 6 nitrogen and oxygen atoms in total. The zero-order chi connectivity index (χ0) is 20.3. The fourth-order valence-electron chi connectivity index (χ4n) is 2.94. The molecule has 0 aliphatic heterocycles. The van der Waals surface area contributed by atoms with Crippen LogP contribution in [0.1, 0.15) is 32.4 Å². The lowest BCUT2D eigenvalue weighted by Gasteiger charge is -2.15. The summed E-state index contributed by atoms with van der Waals surface area (Å²) in [6.07, 6.45) is 0.589. The minimum atomic E-state index is -0.451. The number of hydrogen-bond donors (Lipinski definition) is 3. The number of nitrogens with one attached hydrogen (secondary N) is 2. The summed E-state index contributed by atoms with van der Waals surface area (Å²) in [4.78, 5) is 20.5. The number of fused-ring (bicyclic) bond motifs is 1. The van der Waals surface area contributed by atoms with Crippen molar-refractivity contribution in [1.29, 1.82) is 5.41 Å². The van der Waals surface area contributed by atoms with Crippen LogP contribution in [0.25, 0.3) is 22.3 Å². The van der Waals surface area contributed by atoms with E-state index in [2.05, 4.69) is 15.3 Å². The van der Waals surface area contributed by atoms with Crippen molar-refractivity contribution in [1.82, 2.24) is 15.3 Å². The average molecular weight is 380 g/mol. The van der Waals surface area contributed by atoms with Crippen LogP contribution < -0.4 is 5.32 Å². The number of benzene rings is 2. The van der Waals surface area contributed by atoms with Gasteiger partial charge in [-0.1, -0.05) is 19.1 Å². The van der Waals surface area contributed by atoms with Gasteiger partial charge in [0.15, 0.2) is 5.82 Å². The molecule has 1 atom stereocenters. The first-order valence-corrected chi connectivity index (χ1v) is 9.02. The van der Waals surface area contributed by atoms with Crippen molar-refractivity contribution in [3.63, 3.8) is 0 Å². The van der Waals surface area contributed by atoms with Crippen molar-refractivity contribution in [2.24, 2.45) is 0 Å². The molecule has 3 N–H and O–H groups in total. The fraction of sp³-hybridized carbons (Fsp3) is 0.238. The molecule has 0 fully saturated rings. The van der Waals surface area contributed by atoms with Crippen LogP contribution in [0.5, 0.6) is 5.75 Å². The highest BCUT2D eigenvalue weighted by Crippen LogP contribution is 2.29. The van der Waals surface area contributed by atoms with Crippen LogP contribution in [0.3, 0.4) is 0 Å². The number of nitrogens with zero attached hydrogens (tertiary/aromatic N) is 2. The molecule has 0 unspecified atom stereocenters. The quantitative estimate of drug-likeness (QED) is 0.566. The maximum atomic E-state index is 13.8. The second kappa shape index (κ2) is 8.12. The molecular weight excluding hydrogens is 359 g/mol. The van der Waals surface area contributed by atoms with Crippen molar-refractivity contribution in [3.8, 4) is 17.1 Å². The molecular formula is C21H21FN4O2. The van der Waals surface area contributed by atoms with E-state index in [-0.39, 0.29) is 41.3 Å². The molecule has 2 aromatic carbocycles. The number of para-hydroxylation sites is 1. The lowest BCUT2D eigenvalue weighted by atomic mass is 10.0. The number of phenolic OH excluding ortho intramolecular Hbond substituents is 1. The third-order valence-corrected chi connectivity index (χ3v) is 4.33. The number of aromatic hydroxyl groups is 1. The molecule has 0 aliphatic carbocycles. The van der Waals surface area contributed by atoms with E-state index in [1.165, 1.54) is 24.3 Å². The Kier molecular flexibility index (Phi) is 5.63. The van der Waals surface area contributed by atoms with Gasteiger partial charge in [0.25, 0.3) is 0 Å². The van der Waals surface area contributed by atoms with Gasteiger partial charge in [-0.05, 0) is 37.3 Å². The Morgan fingerprint density at radius 2 is 2.00 bits per heavy atom. The standard InChI is InChI=1S/C21H21FN4O2/c1-3-19(28)24-12(2)10-16(23)20-15-11-13(22)8-9-17(15)25-21(26-20)14-6-4-5-7-18(14)27/h4-9,11-12,23,27H,3,10H2,1-2H3,(H,24,28)/t12-/m1/s1. The molecule has 1 amide bonds. The first-order valence-electron chi connectivity index (χ1n) is 9.02. The predicted octanol–water partition coefficient (Wildman–Crippen LogP) is 3.81. The summed E-state index contributed by atoms with van der Waals surface area (Å²) in [7, 11) is 0. The molecule has 0 radical (unpaired) electrons. The van der Waals surface area contributed by atoms with Gasteiger partial charge in [0.2, 0.25) is 5.91 Å². The zero-order valence-corrected chi connectivity index (χ0v) is 15.7. The van der Waals surface area contributed by atoms with E-state index < -0.39 is 5.82 Å². The topological polar surface area (TPSA) is 99.0 Å². The van der Waals surface area contributed by atoms with Crippen LogP contribution in [-0.4, -0.2) is 32.7 Å². The molecule has 0 aliphatic rings. The Labute approximate surface area is 162 Å². The SMILES string of the molecule is CCC(=O)N[C@H](C)CC(=N)c1nc(-c2ccccc2O)nc2ccc(F)cc12. The number of carbonyl (C=O) groups is 1. The molecule has 1 heterocycles. The van der Waals surface area contributed by atoms with Crippen molar-refractivity contribution < 1.29 is 14.3 Å². The van der Waals surface area contributed by atoms with Gasteiger partial charge in [0, 0.05) is 24.3 Å². The first kappa shape index (κ1) is 19.4. The second-order valence-electron chi connectivity index (χ2n) is 6.58. The third kappa shape index (κ3) is 4.14. The van der Waals surface area contributed by atoms with Crippen LogP contribution in [0.15, 0.2) is 42.5 Å². The number of phenols is 1. The Bertz CT molecular complexity index is 1050. The number of rotatable bonds is 6. The van der Waals surface area contributed by atoms with Gasteiger partial charge in [-0.15, -0.1) is 0 Å². The number of carbonyl (C=O) groups excluding carboxylic acids is 1. The lowest BCUT2D eigenvalue weighted by molar-refractivity contribution is -0.121. The van der Waals surface area contributed by atoms with E-state index in [4.69, 9.17) is 5.41 Å². The minimum Gasteiger partial charge on any atom is -0.507 e. The molecule has 7 heteroatoms. The summed E-state index contributed by atoms with van der Waals surface area (Å²) in [5.74, 6) is -0.284. The van der Waals surface area contributed by atoms with Crippen molar-refractivity contribution >= 4 is 22.5 Å². The van der Waals surface area contributed by atoms with E-state index >= 15 is 0 Å². The monoisotopic (exact) mass is 380 g/mol. The normalized spacial score (nSPS) is 12.0. The van der Waals surface area contributed by atoms with Crippen LogP contribution in [0.4, 0.5) is 4.39 Å². The number of aromatic nitrogens is 2. The molecule has 1 aromatic heterocycles. The number of hydrogen-bond acceptors (Lipinski definition) is 5. The van der Waals surface area contributed by atoms with Gasteiger partial charge in [-0.3, -0.25) is 4.79 Å². The molecule has 0 spiro atoms. The molecule has 3 rings (SSSR count). The summed E-state index contributed by atoms with van der Waals surface area (Å²) in [6.45, 7) is 3.56. The highest BCUT2D eigenvalue weighted by Gasteiger charge is 2.18. The van der Waals surface area contributed by atoms with Crippen molar-refractivity contribution in [2.45, 2.75) is 32.7 Å². The molecule has 0 saturated heterocycles. The van der Waals surface area contributed by atoms with Crippen molar-refractivity contribution in [2.75, 3.05) is 0 Å². The molecule has 144 valence electrons. The van der Waals surface area contributed by atoms with Crippen molar-refractivity contribution in [3.05, 3.63) is 54.0 Å². The second-order valence-corrected chi connectivity index (χ2v) is 6.58. The summed E-state index contributed by atoms with van der Waals surface area (Å²) in [5.41, 5.74) is 1.33. The number of amides is 1.